The molecule has 1 aliphatic heterocycles. The SMILES string of the molecule is CC(C)(CO)Sc1ccc2c(c1)OCCO2. The Kier molecular flexibility index (Phi) is 3.30. The van der Waals surface area contributed by atoms with Crippen LogP contribution in [0.2, 0.25) is 0 Å². The van der Waals surface area contributed by atoms with Crippen LogP contribution in [0.15, 0.2) is 23.1 Å². The first-order chi connectivity index (χ1) is 7.61. The van der Waals surface area contributed by atoms with Crippen molar-refractivity contribution in [3.63, 3.8) is 0 Å². The Bertz CT molecular complexity index is 377. The number of rotatable bonds is 3. The van der Waals surface area contributed by atoms with E-state index in [9.17, 15) is 5.11 Å². The molecule has 0 amide bonds. The molecule has 3 nitrogen and oxygen atoms in total. The fraction of sp³-hybridized carbons (Fsp3) is 0.500. The monoisotopic (exact) mass is 240 g/mol. The van der Waals surface area contributed by atoms with E-state index < -0.39 is 0 Å². The second-order valence-corrected chi connectivity index (χ2v) is 6.11. The van der Waals surface area contributed by atoms with Crippen molar-refractivity contribution >= 4 is 11.8 Å². The van der Waals surface area contributed by atoms with Crippen molar-refractivity contribution in [3.05, 3.63) is 18.2 Å². The van der Waals surface area contributed by atoms with Crippen LogP contribution >= 0.6 is 11.8 Å². The van der Waals surface area contributed by atoms with Gasteiger partial charge in [-0.25, -0.2) is 0 Å². The number of hydrogen-bond acceptors (Lipinski definition) is 4. The van der Waals surface area contributed by atoms with E-state index >= 15 is 0 Å². The van der Waals surface area contributed by atoms with Crippen LogP contribution in [0.25, 0.3) is 0 Å². The summed E-state index contributed by atoms with van der Waals surface area (Å²) >= 11 is 1.63. The lowest BCUT2D eigenvalue weighted by Crippen LogP contribution is -2.20. The molecule has 2 rings (SSSR count). The molecular formula is C12H16O3S. The van der Waals surface area contributed by atoms with Gasteiger partial charge in [-0.3, -0.25) is 0 Å². The zero-order valence-corrected chi connectivity index (χ0v) is 10.3. The molecule has 0 aromatic heterocycles. The topological polar surface area (TPSA) is 38.7 Å². The maximum absolute atomic E-state index is 9.22. The highest BCUT2D eigenvalue weighted by molar-refractivity contribution is 8.00. The normalized spacial score (nSPS) is 14.9. The molecule has 1 aromatic carbocycles. The smallest absolute Gasteiger partial charge is 0.162 e. The van der Waals surface area contributed by atoms with Crippen molar-refractivity contribution in [2.45, 2.75) is 23.5 Å². The summed E-state index contributed by atoms with van der Waals surface area (Å²) in [6.45, 7) is 5.38. The van der Waals surface area contributed by atoms with Gasteiger partial charge in [0.05, 0.1) is 6.61 Å². The lowest BCUT2D eigenvalue weighted by Gasteiger charge is -2.23. The Balaban J connectivity index is 2.17. The second kappa shape index (κ2) is 4.55. The molecule has 1 heterocycles. The molecule has 1 N–H and O–H groups in total. The fourth-order valence-corrected chi connectivity index (χ4v) is 2.44. The van der Waals surface area contributed by atoms with Gasteiger partial charge in [0.1, 0.15) is 13.2 Å². The highest BCUT2D eigenvalue weighted by Crippen LogP contribution is 2.38. The first-order valence-corrected chi connectivity index (χ1v) is 6.12. The molecule has 4 heteroatoms. The number of aliphatic hydroxyl groups excluding tert-OH is 1. The van der Waals surface area contributed by atoms with Gasteiger partial charge in [-0.05, 0) is 32.0 Å². The summed E-state index contributed by atoms with van der Waals surface area (Å²) in [6, 6.07) is 5.89. The van der Waals surface area contributed by atoms with Crippen molar-refractivity contribution in [2.24, 2.45) is 0 Å². The number of benzene rings is 1. The van der Waals surface area contributed by atoms with Gasteiger partial charge in [-0.15, -0.1) is 11.8 Å². The van der Waals surface area contributed by atoms with Gasteiger partial charge < -0.3 is 14.6 Å². The van der Waals surface area contributed by atoms with E-state index in [-0.39, 0.29) is 11.4 Å². The van der Waals surface area contributed by atoms with E-state index in [1.165, 1.54) is 0 Å². The zero-order valence-electron chi connectivity index (χ0n) is 9.53. The predicted octanol–water partition coefficient (Wildman–Crippen LogP) is 2.32. The van der Waals surface area contributed by atoms with Crippen LogP contribution in [-0.2, 0) is 0 Å². The quantitative estimate of drug-likeness (QED) is 0.823. The third kappa shape index (κ3) is 2.62. The molecule has 0 spiro atoms. The Labute approximate surface area is 99.8 Å². The van der Waals surface area contributed by atoms with Gasteiger partial charge in [0.2, 0.25) is 0 Å². The molecule has 16 heavy (non-hydrogen) atoms. The molecule has 1 aliphatic rings. The fourth-order valence-electron chi connectivity index (χ4n) is 1.44. The van der Waals surface area contributed by atoms with Crippen LogP contribution < -0.4 is 9.47 Å². The largest absolute Gasteiger partial charge is 0.486 e. The number of hydrogen-bond donors (Lipinski definition) is 1. The molecule has 0 saturated heterocycles. The van der Waals surface area contributed by atoms with Gasteiger partial charge in [0, 0.05) is 9.64 Å². The van der Waals surface area contributed by atoms with Crippen molar-refractivity contribution < 1.29 is 14.6 Å². The van der Waals surface area contributed by atoms with Crippen LogP contribution in [-0.4, -0.2) is 29.7 Å². The molecule has 0 aliphatic carbocycles. The summed E-state index contributed by atoms with van der Waals surface area (Å²) < 4.78 is 10.8. The minimum absolute atomic E-state index is 0.145. The van der Waals surface area contributed by atoms with E-state index in [4.69, 9.17) is 9.47 Å². The van der Waals surface area contributed by atoms with E-state index in [2.05, 4.69) is 0 Å². The molecule has 1 aromatic rings. The molecule has 0 radical (unpaired) electrons. The van der Waals surface area contributed by atoms with Gasteiger partial charge in [-0.1, -0.05) is 0 Å². The maximum Gasteiger partial charge on any atom is 0.162 e. The van der Waals surface area contributed by atoms with Crippen molar-refractivity contribution in [1.82, 2.24) is 0 Å². The summed E-state index contributed by atoms with van der Waals surface area (Å²) in [7, 11) is 0. The summed E-state index contributed by atoms with van der Waals surface area (Å²) in [6.07, 6.45) is 0. The molecule has 0 atom stereocenters. The number of thioether (sulfide) groups is 1. The first kappa shape index (κ1) is 11.6. The third-order valence-electron chi connectivity index (χ3n) is 2.29. The van der Waals surface area contributed by atoms with Crippen molar-refractivity contribution in [3.8, 4) is 11.5 Å². The van der Waals surface area contributed by atoms with E-state index in [0.717, 1.165) is 16.4 Å². The molecule has 88 valence electrons. The summed E-state index contributed by atoms with van der Waals surface area (Å²) in [5.41, 5.74) is 0. The number of ether oxygens (including phenoxy) is 2. The zero-order chi connectivity index (χ0) is 11.6. The Morgan fingerprint density at radius 3 is 2.62 bits per heavy atom. The summed E-state index contributed by atoms with van der Waals surface area (Å²) in [5, 5.41) is 9.22. The van der Waals surface area contributed by atoms with Crippen molar-refractivity contribution in [1.29, 1.82) is 0 Å². The van der Waals surface area contributed by atoms with E-state index in [0.29, 0.717) is 13.2 Å². The Morgan fingerprint density at radius 2 is 1.94 bits per heavy atom. The third-order valence-corrected chi connectivity index (χ3v) is 3.46. The molecular weight excluding hydrogens is 224 g/mol. The van der Waals surface area contributed by atoms with Crippen LogP contribution in [0, 0.1) is 0 Å². The number of fused-ring (bicyclic) bond motifs is 1. The van der Waals surface area contributed by atoms with Gasteiger partial charge >= 0.3 is 0 Å². The Hall–Kier alpha value is -0.870. The van der Waals surface area contributed by atoms with Crippen LogP contribution in [0.4, 0.5) is 0 Å². The van der Waals surface area contributed by atoms with Crippen molar-refractivity contribution in [2.75, 3.05) is 19.8 Å². The molecule has 0 unspecified atom stereocenters. The number of aliphatic hydroxyl groups is 1. The van der Waals surface area contributed by atoms with Crippen LogP contribution in [0.5, 0.6) is 11.5 Å². The minimum Gasteiger partial charge on any atom is -0.486 e. The van der Waals surface area contributed by atoms with Crippen LogP contribution in [0.3, 0.4) is 0 Å². The minimum atomic E-state index is -0.177. The lowest BCUT2D eigenvalue weighted by molar-refractivity contribution is 0.171. The lowest BCUT2D eigenvalue weighted by atomic mass is 10.2. The molecule has 0 saturated carbocycles. The highest BCUT2D eigenvalue weighted by atomic mass is 32.2. The van der Waals surface area contributed by atoms with E-state index in [1.807, 2.05) is 32.0 Å². The highest BCUT2D eigenvalue weighted by Gasteiger charge is 2.20. The first-order valence-electron chi connectivity index (χ1n) is 5.30. The predicted molar refractivity (Wildman–Crippen MR) is 64.5 cm³/mol. The van der Waals surface area contributed by atoms with E-state index in [1.54, 1.807) is 11.8 Å². The van der Waals surface area contributed by atoms with Gasteiger partial charge in [0.25, 0.3) is 0 Å². The average Bonchev–Trinajstić information content (AvgIpc) is 2.28. The summed E-state index contributed by atoms with van der Waals surface area (Å²) in [4.78, 5) is 1.09. The van der Waals surface area contributed by atoms with Gasteiger partial charge in [-0.2, -0.15) is 0 Å². The maximum atomic E-state index is 9.22. The molecule has 0 bridgehead atoms. The summed E-state index contributed by atoms with van der Waals surface area (Å²) in [5.74, 6) is 1.60. The van der Waals surface area contributed by atoms with Gasteiger partial charge in [0.15, 0.2) is 11.5 Å². The standard InChI is InChI=1S/C12H16O3S/c1-12(2,8-13)16-9-3-4-10-11(7-9)15-6-5-14-10/h3-4,7,13H,5-6,8H2,1-2H3. The second-order valence-electron chi connectivity index (χ2n) is 4.33. The Morgan fingerprint density at radius 1 is 1.25 bits per heavy atom. The van der Waals surface area contributed by atoms with Crippen LogP contribution in [0.1, 0.15) is 13.8 Å². The average molecular weight is 240 g/mol. The molecule has 0 fully saturated rings.